The molecule has 2 unspecified atom stereocenters. The highest BCUT2D eigenvalue weighted by Gasteiger charge is 2.27. The number of hydrogen-bond donors (Lipinski definition) is 1. The van der Waals surface area contributed by atoms with Crippen LogP contribution in [0.1, 0.15) is 60.8 Å². The van der Waals surface area contributed by atoms with Gasteiger partial charge in [0.05, 0.1) is 0 Å². The Balaban J connectivity index is 2.49. The number of nitrogens with zero attached hydrogens (tertiary/aromatic N) is 1. The average molecular weight is 268 g/mol. The normalized spacial score (nSPS) is 26.1. The van der Waals surface area contributed by atoms with Crippen molar-refractivity contribution in [2.75, 3.05) is 26.2 Å². The summed E-state index contributed by atoms with van der Waals surface area (Å²) in [7, 11) is 0. The molecule has 1 N–H and O–H groups in total. The Morgan fingerprint density at radius 2 is 1.89 bits per heavy atom. The second-order valence-corrected chi connectivity index (χ2v) is 8.14. The first-order valence-electron chi connectivity index (χ1n) is 8.26. The van der Waals surface area contributed by atoms with E-state index in [0.717, 1.165) is 18.4 Å². The Morgan fingerprint density at radius 3 is 2.42 bits per heavy atom. The minimum atomic E-state index is 0.389. The van der Waals surface area contributed by atoms with Gasteiger partial charge >= 0.3 is 0 Å². The molecular formula is C17H36N2. The lowest BCUT2D eigenvalue weighted by atomic mass is 9.89. The van der Waals surface area contributed by atoms with Crippen molar-refractivity contribution in [1.82, 2.24) is 10.2 Å². The molecule has 2 nitrogen and oxygen atoms in total. The molecule has 0 aromatic heterocycles. The summed E-state index contributed by atoms with van der Waals surface area (Å²) in [5.74, 6) is 1.68. The van der Waals surface area contributed by atoms with E-state index in [-0.39, 0.29) is 0 Å². The Hall–Kier alpha value is -0.0800. The van der Waals surface area contributed by atoms with E-state index in [4.69, 9.17) is 0 Å². The van der Waals surface area contributed by atoms with Crippen LogP contribution in [-0.2, 0) is 0 Å². The third-order valence-corrected chi connectivity index (χ3v) is 3.85. The first-order chi connectivity index (χ1) is 8.80. The third kappa shape index (κ3) is 7.31. The smallest absolute Gasteiger partial charge is 0.0198 e. The predicted octanol–water partition coefficient (Wildman–Crippen LogP) is 3.77. The van der Waals surface area contributed by atoms with Crippen molar-refractivity contribution in [3.8, 4) is 0 Å². The molecule has 0 amide bonds. The van der Waals surface area contributed by atoms with Gasteiger partial charge in [-0.15, -0.1) is 0 Å². The molecule has 1 aliphatic rings. The van der Waals surface area contributed by atoms with Crippen LogP contribution in [0.15, 0.2) is 0 Å². The van der Waals surface area contributed by atoms with Gasteiger partial charge < -0.3 is 10.2 Å². The maximum absolute atomic E-state index is 3.81. The molecule has 1 aliphatic heterocycles. The summed E-state index contributed by atoms with van der Waals surface area (Å²) >= 11 is 0. The summed E-state index contributed by atoms with van der Waals surface area (Å²) in [6, 6.07) is 0.697. The van der Waals surface area contributed by atoms with E-state index in [1.807, 2.05) is 0 Å². The summed E-state index contributed by atoms with van der Waals surface area (Å²) in [4.78, 5) is 2.69. The van der Waals surface area contributed by atoms with E-state index in [1.54, 1.807) is 0 Å². The highest BCUT2D eigenvalue weighted by atomic mass is 15.2. The lowest BCUT2D eigenvalue weighted by Crippen LogP contribution is -2.51. The SMILES string of the molecule is CCCC1CC(NCC(C)(C)C)CN(CC(C)C)C1. The number of likely N-dealkylation sites (tertiary alicyclic amines) is 1. The van der Waals surface area contributed by atoms with Crippen LogP contribution in [-0.4, -0.2) is 37.1 Å². The average Bonchev–Trinajstić information content (AvgIpc) is 2.24. The maximum Gasteiger partial charge on any atom is 0.0198 e. The van der Waals surface area contributed by atoms with Gasteiger partial charge in [-0.2, -0.15) is 0 Å². The van der Waals surface area contributed by atoms with E-state index in [9.17, 15) is 0 Å². The van der Waals surface area contributed by atoms with Crippen molar-refractivity contribution >= 4 is 0 Å². The minimum absolute atomic E-state index is 0.389. The van der Waals surface area contributed by atoms with Crippen LogP contribution in [0, 0.1) is 17.3 Å². The largest absolute Gasteiger partial charge is 0.312 e. The lowest BCUT2D eigenvalue weighted by Gasteiger charge is -2.40. The molecule has 0 aromatic carbocycles. The topological polar surface area (TPSA) is 15.3 Å². The van der Waals surface area contributed by atoms with Crippen LogP contribution >= 0.6 is 0 Å². The van der Waals surface area contributed by atoms with Gasteiger partial charge in [0.25, 0.3) is 0 Å². The molecule has 1 fully saturated rings. The minimum Gasteiger partial charge on any atom is -0.312 e. The Labute approximate surface area is 121 Å². The van der Waals surface area contributed by atoms with Gasteiger partial charge in [0.15, 0.2) is 0 Å². The Bertz CT molecular complexity index is 242. The van der Waals surface area contributed by atoms with Crippen molar-refractivity contribution in [2.45, 2.75) is 66.8 Å². The van der Waals surface area contributed by atoms with Gasteiger partial charge in [0, 0.05) is 32.2 Å². The zero-order valence-electron chi connectivity index (χ0n) is 14.1. The Morgan fingerprint density at radius 1 is 1.21 bits per heavy atom. The van der Waals surface area contributed by atoms with E-state index in [0.29, 0.717) is 11.5 Å². The highest BCUT2D eigenvalue weighted by molar-refractivity contribution is 4.85. The molecule has 1 rings (SSSR count). The molecule has 114 valence electrons. The molecule has 2 atom stereocenters. The summed E-state index contributed by atoms with van der Waals surface area (Å²) < 4.78 is 0. The highest BCUT2D eigenvalue weighted by Crippen LogP contribution is 2.23. The van der Waals surface area contributed by atoms with Gasteiger partial charge in [-0.05, 0) is 30.1 Å². The first kappa shape index (κ1) is 17.0. The number of nitrogens with one attached hydrogen (secondary N) is 1. The molecule has 0 saturated carbocycles. The molecule has 0 spiro atoms. The predicted molar refractivity (Wildman–Crippen MR) is 85.5 cm³/mol. The molecule has 2 heteroatoms. The summed E-state index contributed by atoms with van der Waals surface area (Å²) in [5.41, 5.74) is 0.389. The van der Waals surface area contributed by atoms with Crippen LogP contribution in [0.5, 0.6) is 0 Å². The molecule has 0 bridgehead atoms. The van der Waals surface area contributed by atoms with Gasteiger partial charge in [-0.25, -0.2) is 0 Å². The zero-order chi connectivity index (χ0) is 14.5. The molecule has 0 aliphatic carbocycles. The van der Waals surface area contributed by atoms with Crippen LogP contribution in [0.25, 0.3) is 0 Å². The van der Waals surface area contributed by atoms with Crippen LogP contribution in [0.2, 0.25) is 0 Å². The summed E-state index contributed by atoms with van der Waals surface area (Å²) in [6.45, 7) is 18.9. The van der Waals surface area contributed by atoms with Gasteiger partial charge in [0.1, 0.15) is 0 Å². The second kappa shape index (κ2) is 7.64. The fraction of sp³-hybridized carbons (Fsp3) is 1.00. The van der Waals surface area contributed by atoms with E-state index in [2.05, 4.69) is 51.8 Å². The number of rotatable bonds is 6. The van der Waals surface area contributed by atoms with Crippen molar-refractivity contribution < 1.29 is 0 Å². The summed E-state index contributed by atoms with van der Waals surface area (Å²) in [6.07, 6.45) is 4.09. The van der Waals surface area contributed by atoms with Crippen LogP contribution < -0.4 is 5.32 Å². The van der Waals surface area contributed by atoms with Crippen molar-refractivity contribution in [1.29, 1.82) is 0 Å². The zero-order valence-corrected chi connectivity index (χ0v) is 14.1. The van der Waals surface area contributed by atoms with Crippen molar-refractivity contribution in [3.63, 3.8) is 0 Å². The van der Waals surface area contributed by atoms with E-state index in [1.165, 1.54) is 38.9 Å². The monoisotopic (exact) mass is 268 g/mol. The van der Waals surface area contributed by atoms with Crippen LogP contribution in [0.4, 0.5) is 0 Å². The number of hydrogen-bond acceptors (Lipinski definition) is 2. The van der Waals surface area contributed by atoms with Gasteiger partial charge in [0.2, 0.25) is 0 Å². The van der Waals surface area contributed by atoms with Crippen molar-refractivity contribution in [3.05, 3.63) is 0 Å². The molecular weight excluding hydrogens is 232 g/mol. The van der Waals surface area contributed by atoms with Gasteiger partial charge in [-0.1, -0.05) is 48.0 Å². The number of piperidine rings is 1. The van der Waals surface area contributed by atoms with Gasteiger partial charge in [-0.3, -0.25) is 0 Å². The molecule has 1 saturated heterocycles. The quantitative estimate of drug-likeness (QED) is 0.789. The molecule has 19 heavy (non-hydrogen) atoms. The third-order valence-electron chi connectivity index (χ3n) is 3.85. The fourth-order valence-electron chi connectivity index (χ4n) is 3.18. The Kier molecular flexibility index (Phi) is 6.82. The molecule has 1 heterocycles. The fourth-order valence-corrected chi connectivity index (χ4v) is 3.18. The van der Waals surface area contributed by atoms with E-state index >= 15 is 0 Å². The summed E-state index contributed by atoms with van der Waals surface area (Å²) in [5, 5.41) is 3.81. The second-order valence-electron chi connectivity index (χ2n) is 8.14. The lowest BCUT2D eigenvalue weighted by molar-refractivity contribution is 0.118. The standard InChI is InChI=1S/C17H36N2/c1-7-8-15-9-16(18-13-17(4,5)6)12-19(11-15)10-14(2)3/h14-16,18H,7-13H2,1-6H3. The van der Waals surface area contributed by atoms with Crippen molar-refractivity contribution in [2.24, 2.45) is 17.3 Å². The van der Waals surface area contributed by atoms with E-state index < -0.39 is 0 Å². The first-order valence-corrected chi connectivity index (χ1v) is 8.26. The maximum atomic E-state index is 3.81. The van der Waals surface area contributed by atoms with Crippen LogP contribution in [0.3, 0.4) is 0 Å². The molecule has 0 aromatic rings. The molecule has 0 radical (unpaired) electrons.